The first-order chi connectivity index (χ1) is 11.8. The van der Waals surface area contributed by atoms with Gasteiger partial charge in [-0.15, -0.1) is 23.5 Å². The van der Waals surface area contributed by atoms with Gasteiger partial charge in [-0.25, -0.2) is 0 Å². The van der Waals surface area contributed by atoms with E-state index in [1.165, 1.54) is 23.5 Å². The summed E-state index contributed by atoms with van der Waals surface area (Å²) in [5.41, 5.74) is 2.28. The van der Waals surface area contributed by atoms with Gasteiger partial charge in [0.2, 0.25) is 0 Å². The number of hydrogen-bond acceptors (Lipinski definition) is 3. The van der Waals surface area contributed by atoms with Crippen LogP contribution in [0.5, 0.6) is 0 Å². The zero-order valence-electron chi connectivity index (χ0n) is 13.9. The SMILES string of the molecule is O=C(CCCCC1(c2ccccc2)SCCCS1)c1ccccc1. The first-order valence-electron chi connectivity index (χ1n) is 8.72. The van der Waals surface area contributed by atoms with Crippen molar-refractivity contribution in [2.75, 3.05) is 11.5 Å². The number of benzene rings is 2. The minimum absolute atomic E-state index is 0.190. The van der Waals surface area contributed by atoms with Gasteiger partial charge in [-0.05, 0) is 36.3 Å². The highest BCUT2D eigenvalue weighted by Crippen LogP contribution is 2.53. The zero-order chi connectivity index (χ0) is 16.7. The number of unbranched alkanes of at least 4 members (excludes halogenated alkanes) is 1. The molecule has 0 atom stereocenters. The van der Waals surface area contributed by atoms with Crippen molar-refractivity contribution in [1.82, 2.24) is 0 Å². The lowest BCUT2D eigenvalue weighted by Gasteiger charge is -2.36. The Hall–Kier alpha value is -1.19. The monoisotopic (exact) mass is 356 g/mol. The van der Waals surface area contributed by atoms with E-state index >= 15 is 0 Å². The molecule has 1 saturated heterocycles. The van der Waals surface area contributed by atoms with Crippen molar-refractivity contribution in [1.29, 1.82) is 0 Å². The standard InChI is InChI=1S/C21H24OS2/c22-20(18-10-3-1-4-11-18)14-7-8-15-21(23-16-9-17-24-21)19-12-5-2-6-13-19/h1-6,10-13H,7-9,14-17H2. The lowest BCUT2D eigenvalue weighted by atomic mass is 10.0. The smallest absolute Gasteiger partial charge is 0.162 e. The summed E-state index contributed by atoms with van der Waals surface area (Å²) in [5.74, 6) is 2.75. The minimum atomic E-state index is 0.190. The summed E-state index contributed by atoms with van der Waals surface area (Å²) >= 11 is 4.19. The predicted octanol–water partition coefficient (Wildman–Crippen LogP) is 6.15. The molecular formula is C21H24OS2. The Bertz CT molecular complexity index is 633. The van der Waals surface area contributed by atoms with Gasteiger partial charge in [0.15, 0.2) is 5.78 Å². The van der Waals surface area contributed by atoms with Crippen molar-refractivity contribution in [3.63, 3.8) is 0 Å². The molecule has 1 aliphatic heterocycles. The quantitative estimate of drug-likeness (QED) is 0.437. The molecule has 2 aromatic rings. The van der Waals surface area contributed by atoms with Crippen molar-refractivity contribution in [2.45, 2.75) is 36.2 Å². The van der Waals surface area contributed by atoms with Crippen molar-refractivity contribution >= 4 is 29.3 Å². The summed E-state index contributed by atoms with van der Waals surface area (Å²) in [6, 6.07) is 20.6. The molecule has 0 unspecified atom stereocenters. The molecule has 1 heterocycles. The molecule has 3 rings (SSSR count). The third-order valence-electron chi connectivity index (χ3n) is 4.43. The third kappa shape index (κ3) is 4.46. The molecule has 24 heavy (non-hydrogen) atoms. The second kappa shape index (κ2) is 8.77. The van der Waals surface area contributed by atoms with Crippen LogP contribution in [0.1, 0.15) is 48.0 Å². The number of Topliss-reactive ketones (excluding diaryl/α,β-unsaturated/α-hetero) is 1. The van der Waals surface area contributed by atoms with Gasteiger partial charge in [0.25, 0.3) is 0 Å². The van der Waals surface area contributed by atoms with E-state index in [-0.39, 0.29) is 9.86 Å². The van der Waals surface area contributed by atoms with E-state index in [4.69, 9.17) is 0 Å². The summed E-state index contributed by atoms with van der Waals surface area (Å²) in [4.78, 5) is 12.2. The molecule has 1 aliphatic rings. The number of thioether (sulfide) groups is 2. The minimum Gasteiger partial charge on any atom is -0.294 e. The van der Waals surface area contributed by atoms with Crippen LogP contribution in [-0.4, -0.2) is 17.3 Å². The highest BCUT2D eigenvalue weighted by Gasteiger charge is 2.34. The molecule has 0 amide bonds. The normalized spacial score (nSPS) is 16.7. The van der Waals surface area contributed by atoms with Gasteiger partial charge in [-0.1, -0.05) is 67.1 Å². The summed E-state index contributed by atoms with van der Waals surface area (Å²) in [5, 5.41) is 0. The predicted molar refractivity (Wildman–Crippen MR) is 107 cm³/mol. The number of ketones is 1. The molecule has 0 bridgehead atoms. The lowest BCUT2D eigenvalue weighted by Crippen LogP contribution is -2.22. The molecule has 126 valence electrons. The maximum atomic E-state index is 12.2. The molecular weight excluding hydrogens is 332 g/mol. The number of rotatable bonds is 7. The Morgan fingerprint density at radius 2 is 1.50 bits per heavy atom. The van der Waals surface area contributed by atoms with Crippen molar-refractivity contribution in [3.05, 3.63) is 71.8 Å². The van der Waals surface area contributed by atoms with Crippen LogP contribution in [0.3, 0.4) is 0 Å². The summed E-state index contributed by atoms with van der Waals surface area (Å²) in [6.45, 7) is 0. The number of carbonyl (C=O) groups excluding carboxylic acids is 1. The average molecular weight is 357 g/mol. The third-order valence-corrected chi connectivity index (χ3v) is 7.93. The molecule has 0 N–H and O–H groups in total. The van der Waals surface area contributed by atoms with Crippen LogP contribution in [0.4, 0.5) is 0 Å². The summed E-state index contributed by atoms with van der Waals surface area (Å²) in [7, 11) is 0. The molecule has 1 nitrogen and oxygen atoms in total. The Labute approximate surface area is 153 Å². The van der Waals surface area contributed by atoms with Crippen molar-refractivity contribution in [2.24, 2.45) is 0 Å². The van der Waals surface area contributed by atoms with E-state index in [0.717, 1.165) is 24.8 Å². The molecule has 0 aromatic heterocycles. The van der Waals surface area contributed by atoms with Crippen LogP contribution in [0.2, 0.25) is 0 Å². The maximum Gasteiger partial charge on any atom is 0.162 e. The highest BCUT2D eigenvalue weighted by molar-refractivity contribution is 8.18. The Balaban J connectivity index is 1.56. The van der Waals surface area contributed by atoms with E-state index in [1.54, 1.807) is 0 Å². The van der Waals surface area contributed by atoms with E-state index < -0.39 is 0 Å². The summed E-state index contributed by atoms with van der Waals surface area (Å²) < 4.78 is 0.190. The largest absolute Gasteiger partial charge is 0.294 e. The molecule has 0 spiro atoms. The topological polar surface area (TPSA) is 17.1 Å². The molecule has 0 saturated carbocycles. The number of carbonyl (C=O) groups is 1. The average Bonchev–Trinajstić information content (AvgIpc) is 2.67. The van der Waals surface area contributed by atoms with Gasteiger partial charge in [0, 0.05) is 12.0 Å². The van der Waals surface area contributed by atoms with Crippen molar-refractivity contribution < 1.29 is 4.79 Å². The van der Waals surface area contributed by atoms with Gasteiger partial charge in [0.05, 0.1) is 4.08 Å². The second-order valence-corrected chi connectivity index (χ2v) is 9.21. The Morgan fingerprint density at radius 3 is 2.17 bits per heavy atom. The van der Waals surface area contributed by atoms with Crippen molar-refractivity contribution in [3.8, 4) is 0 Å². The van der Waals surface area contributed by atoms with Crippen LogP contribution >= 0.6 is 23.5 Å². The van der Waals surface area contributed by atoms with E-state index in [9.17, 15) is 4.79 Å². The van der Waals surface area contributed by atoms with E-state index in [0.29, 0.717) is 6.42 Å². The van der Waals surface area contributed by atoms with Gasteiger partial charge in [-0.2, -0.15) is 0 Å². The molecule has 0 radical (unpaired) electrons. The van der Waals surface area contributed by atoms with Crippen LogP contribution in [-0.2, 0) is 4.08 Å². The highest BCUT2D eigenvalue weighted by atomic mass is 32.2. The molecule has 1 fully saturated rings. The van der Waals surface area contributed by atoms with Crippen LogP contribution in [0.25, 0.3) is 0 Å². The second-order valence-electron chi connectivity index (χ2n) is 6.17. The van der Waals surface area contributed by atoms with Gasteiger partial charge in [0.1, 0.15) is 0 Å². The fourth-order valence-electron chi connectivity index (χ4n) is 3.13. The Morgan fingerprint density at radius 1 is 0.875 bits per heavy atom. The fourth-order valence-corrected chi connectivity index (χ4v) is 6.57. The van der Waals surface area contributed by atoms with E-state index in [1.807, 2.05) is 30.3 Å². The van der Waals surface area contributed by atoms with Crippen LogP contribution in [0.15, 0.2) is 60.7 Å². The first kappa shape index (κ1) is 17.6. The maximum absolute atomic E-state index is 12.2. The van der Waals surface area contributed by atoms with E-state index in [2.05, 4.69) is 53.9 Å². The molecule has 3 heteroatoms. The zero-order valence-corrected chi connectivity index (χ0v) is 15.6. The lowest BCUT2D eigenvalue weighted by molar-refractivity contribution is 0.0979. The van der Waals surface area contributed by atoms with Gasteiger partial charge < -0.3 is 0 Å². The van der Waals surface area contributed by atoms with Crippen LogP contribution < -0.4 is 0 Å². The summed E-state index contributed by atoms with van der Waals surface area (Å²) in [6.07, 6.45) is 5.19. The number of hydrogen-bond donors (Lipinski definition) is 0. The van der Waals surface area contributed by atoms with Gasteiger partial charge >= 0.3 is 0 Å². The van der Waals surface area contributed by atoms with Crippen LogP contribution in [0, 0.1) is 0 Å². The molecule has 2 aromatic carbocycles. The molecule has 0 aliphatic carbocycles. The Kier molecular flexibility index (Phi) is 6.44. The van der Waals surface area contributed by atoms with Gasteiger partial charge in [-0.3, -0.25) is 4.79 Å². The first-order valence-corrected chi connectivity index (χ1v) is 10.7. The fraction of sp³-hybridized carbons (Fsp3) is 0.381.